The van der Waals surface area contributed by atoms with Crippen molar-refractivity contribution in [2.45, 2.75) is 46.5 Å². The summed E-state index contributed by atoms with van der Waals surface area (Å²) in [6.07, 6.45) is 4.46. The molecule has 0 spiro atoms. The van der Waals surface area contributed by atoms with Crippen LogP contribution in [0.5, 0.6) is 0 Å². The van der Waals surface area contributed by atoms with Crippen LogP contribution in [0.2, 0.25) is 5.15 Å². The fourth-order valence-corrected chi connectivity index (χ4v) is 2.70. The van der Waals surface area contributed by atoms with Crippen molar-refractivity contribution >= 4 is 17.4 Å². The van der Waals surface area contributed by atoms with E-state index >= 15 is 0 Å². The highest BCUT2D eigenvalue weighted by Gasteiger charge is 2.24. The molecular formula is C14H22ClN3. The van der Waals surface area contributed by atoms with Gasteiger partial charge in [0.15, 0.2) is 0 Å². The zero-order valence-electron chi connectivity index (χ0n) is 11.5. The van der Waals surface area contributed by atoms with Gasteiger partial charge in [-0.15, -0.1) is 0 Å². The molecule has 0 saturated carbocycles. The zero-order valence-corrected chi connectivity index (χ0v) is 12.3. The molecule has 1 aromatic heterocycles. The average Bonchev–Trinajstić information content (AvgIpc) is 2.82. The van der Waals surface area contributed by atoms with Crippen LogP contribution in [0, 0.1) is 12.8 Å². The summed E-state index contributed by atoms with van der Waals surface area (Å²) in [6, 6.07) is 0. The lowest BCUT2D eigenvalue weighted by Crippen LogP contribution is -2.22. The number of hydrogen-bond acceptors (Lipinski definition) is 3. The van der Waals surface area contributed by atoms with Crippen LogP contribution in [0.1, 0.15) is 44.5 Å². The second kappa shape index (κ2) is 5.87. The van der Waals surface area contributed by atoms with E-state index in [-0.39, 0.29) is 0 Å². The van der Waals surface area contributed by atoms with E-state index in [0.29, 0.717) is 5.15 Å². The Balaban J connectivity index is 2.26. The van der Waals surface area contributed by atoms with Crippen LogP contribution in [0.25, 0.3) is 0 Å². The van der Waals surface area contributed by atoms with Crippen molar-refractivity contribution in [3.05, 3.63) is 16.5 Å². The van der Waals surface area contributed by atoms with Crippen LogP contribution in [0.4, 0.5) is 5.82 Å². The van der Waals surface area contributed by atoms with Crippen molar-refractivity contribution in [3.63, 3.8) is 0 Å². The van der Waals surface area contributed by atoms with E-state index in [4.69, 9.17) is 16.6 Å². The van der Waals surface area contributed by atoms with Crippen LogP contribution in [-0.4, -0.2) is 23.1 Å². The van der Waals surface area contributed by atoms with E-state index in [1.54, 1.807) is 0 Å². The molecule has 100 valence electrons. The van der Waals surface area contributed by atoms with Crippen molar-refractivity contribution in [2.24, 2.45) is 5.92 Å². The first kappa shape index (κ1) is 13.6. The minimum Gasteiger partial charge on any atom is -0.356 e. The lowest BCUT2D eigenvalue weighted by molar-refractivity contribution is 0.568. The number of rotatable bonds is 4. The monoisotopic (exact) mass is 267 g/mol. The van der Waals surface area contributed by atoms with E-state index in [2.05, 4.69) is 23.7 Å². The summed E-state index contributed by atoms with van der Waals surface area (Å²) in [5.41, 5.74) is 1.02. The first-order valence-corrected chi connectivity index (χ1v) is 7.31. The quantitative estimate of drug-likeness (QED) is 0.780. The van der Waals surface area contributed by atoms with Gasteiger partial charge >= 0.3 is 0 Å². The SMILES string of the molecule is CCCc1nc(Cl)c(C)c(N2CCC(CC)C2)n1. The lowest BCUT2D eigenvalue weighted by Gasteiger charge is -2.20. The molecule has 3 nitrogen and oxygen atoms in total. The third-order valence-electron chi connectivity index (χ3n) is 3.74. The van der Waals surface area contributed by atoms with Gasteiger partial charge in [0, 0.05) is 25.1 Å². The van der Waals surface area contributed by atoms with Crippen LogP contribution in [0.3, 0.4) is 0 Å². The summed E-state index contributed by atoms with van der Waals surface area (Å²) in [5.74, 6) is 2.73. The molecule has 0 amide bonds. The van der Waals surface area contributed by atoms with E-state index < -0.39 is 0 Å². The Morgan fingerprint density at radius 1 is 1.33 bits per heavy atom. The maximum Gasteiger partial charge on any atom is 0.137 e. The first-order chi connectivity index (χ1) is 8.65. The van der Waals surface area contributed by atoms with Gasteiger partial charge in [-0.3, -0.25) is 0 Å². The van der Waals surface area contributed by atoms with Crippen LogP contribution < -0.4 is 4.90 Å². The van der Waals surface area contributed by atoms with Crippen LogP contribution >= 0.6 is 11.6 Å². The standard InChI is InChI=1S/C14H22ClN3/c1-4-6-12-16-13(15)10(3)14(17-12)18-8-7-11(5-2)9-18/h11H,4-9H2,1-3H3. The van der Waals surface area contributed by atoms with E-state index in [9.17, 15) is 0 Å². The summed E-state index contributed by atoms with van der Waals surface area (Å²) >= 11 is 6.23. The van der Waals surface area contributed by atoms with Crippen molar-refractivity contribution in [1.29, 1.82) is 0 Å². The van der Waals surface area contributed by atoms with Crippen molar-refractivity contribution < 1.29 is 0 Å². The molecule has 0 bridgehead atoms. The molecular weight excluding hydrogens is 246 g/mol. The highest BCUT2D eigenvalue weighted by Crippen LogP contribution is 2.29. The number of anilines is 1. The second-order valence-electron chi connectivity index (χ2n) is 5.14. The number of halogens is 1. The van der Waals surface area contributed by atoms with Crippen molar-refractivity contribution in [1.82, 2.24) is 9.97 Å². The molecule has 4 heteroatoms. The number of aryl methyl sites for hydroxylation is 1. The fourth-order valence-electron chi connectivity index (χ4n) is 2.52. The molecule has 1 aromatic rings. The smallest absolute Gasteiger partial charge is 0.137 e. The molecule has 18 heavy (non-hydrogen) atoms. The van der Waals surface area contributed by atoms with E-state index in [1.165, 1.54) is 12.8 Å². The molecule has 2 heterocycles. The molecule has 1 saturated heterocycles. The minimum atomic E-state index is 0.614. The first-order valence-electron chi connectivity index (χ1n) is 6.93. The maximum absolute atomic E-state index is 6.23. The highest BCUT2D eigenvalue weighted by molar-refractivity contribution is 6.30. The third kappa shape index (κ3) is 2.77. The van der Waals surface area contributed by atoms with Gasteiger partial charge in [0.1, 0.15) is 16.8 Å². The topological polar surface area (TPSA) is 29.0 Å². The number of nitrogens with zero attached hydrogens (tertiary/aromatic N) is 3. The van der Waals surface area contributed by atoms with Crippen molar-refractivity contribution in [2.75, 3.05) is 18.0 Å². The Morgan fingerprint density at radius 3 is 2.72 bits per heavy atom. The van der Waals surface area contributed by atoms with Gasteiger partial charge in [-0.25, -0.2) is 9.97 Å². The zero-order chi connectivity index (χ0) is 13.1. The summed E-state index contributed by atoms with van der Waals surface area (Å²) in [7, 11) is 0. The van der Waals surface area contributed by atoms with Gasteiger partial charge in [-0.2, -0.15) is 0 Å². The fraction of sp³-hybridized carbons (Fsp3) is 0.714. The Bertz CT molecular complexity index is 420. The second-order valence-corrected chi connectivity index (χ2v) is 5.50. The van der Waals surface area contributed by atoms with E-state index in [0.717, 1.165) is 49.1 Å². The predicted octanol–water partition coefficient (Wildman–Crippen LogP) is 3.63. The minimum absolute atomic E-state index is 0.614. The molecule has 0 aromatic carbocycles. The van der Waals surface area contributed by atoms with Gasteiger partial charge in [-0.1, -0.05) is 31.9 Å². The molecule has 1 aliphatic rings. The maximum atomic E-state index is 6.23. The molecule has 0 N–H and O–H groups in total. The predicted molar refractivity (Wildman–Crippen MR) is 76.4 cm³/mol. The molecule has 0 radical (unpaired) electrons. The molecule has 1 unspecified atom stereocenters. The molecule has 1 aliphatic heterocycles. The Labute approximate surface area is 115 Å². The summed E-state index contributed by atoms with van der Waals surface area (Å²) in [5, 5.41) is 0.614. The van der Waals surface area contributed by atoms with E-state index in [1.807, 2.05) is 6.92 Å². The van der Waals surface area contributed by atoms with Crippen molar-refractivity contribution in [3.8, 4) is 0 Å². The number of hydrogen-bond donors (Lipinski definition) is 0. The summed E-state index contributed by atoms with van der Waals surface area (Å²) < 4.78 is 0. The molecule has 0 aliphatic carbocycles. The summed E-state index contributed by atoms with van der Waals surface area (Å²) in [4.78, 5) is 11.4. The Kier molecular flexibility index (Phi) is 4.44. The van der Waals surface area contributed by atoms with Gasteiger partial charge in [0.25, 0.3) is 0 Å². The average molecular weight is 268 g/mol. The molecule has 1 atom stereocenters. The lowest BCUT2D eigenvalue weighted by atomic mass is 10.1. The molecule has 2 rings (SSSR count). The normalized spacial score (nSPS) is 19.6. The summed E-state index contributed by atoms with van der Waals surface area (Å²) in [6.45, 7) is 8.62. The largest absolute Gasteiger partial charge is 0.356 e. The van der Waals surface area contributed by atoms with Crippen LogP contribution in [-0.2, 0) is 6.42 Å². The third-order valence-corrected chi connectivity index (χ3v) is 4.11. The Morgan fingerprint density at radius 2 is 2.11 bits per heavy atom. The highest BCUT2D eigenvalue weighted by atomic mass is 35.5. The Hall–Kier alpha value is -0.830. The van der Waals surface area contributed by atoms with Gasteiger partial charge in [-0.05, 0) is 25.7 Å². The van der Waals surface area contributed by atoms with Gasteiger partial charge < -0.3 is 4.90 Å². The van der Waals surface area contributed by atoms with Gasteiger partial charge in [0.05, 0.1) is 0 Å². The van der Waals surface area contributed by atoms with Crippen LogP contribution in [0.15, 0.2) is 0 Å². The molecule has 1 fully saturated rings. The number of aromatic nitrogens is 2. The van der Waals surface area contributed by atoms with Gasteiger partial charge in [0.2, 0.25) is 0 Å².